The summed E-state index contributed by atoms with van der Waals surface area (Å²) in [5.74, 6) is 0. The summed E-state index contributed by atoms with van der Waals surface area (Å²) in [6, 6.07) is 0. The molecule has 6 heteroatoms. The van der Waals surface area contributed by atoms with Gasteiger partial charge in [-0.25, -0.2) is 0 Å². The predicted molar refractivity (Wildman–Crippen MR) is 9.74 cm³/mol. The summed E-state index contributed by atoms with van der Waals surface area (Å²) in [6.45, 7) is 0. The number of hydrogen-bond acceptors (Lipinski definition) is 4. The van der Waals surface area contributed by atoms with Gasteiger partial charge in [-0.3, -0.25) is 0 Å². The summed E-state index contributed by atoms with van der Waals surface area (Å²) in [7, 11) is -5.39. The largest absolute Gasteiger partial charge is 3.00 e. The molecule has 0 aromatic rings. The van der Waals surface area contributed by atoms with Crippen LogP contribution in [-0.4, -0.2) is 0 Å². The third-order valence-electron chi connectivity index (χ3n) is 0. The highest BCUT2D eigenvalue weighted by Crippen LogP contribution is 2.03. The van der Waals surface area contributed by atoms with Crippen molar-refractivity contribution in [1.82, 2.24) is 6.15 Å². The maximum Gasteiger partial charge on any atom is 3.00 e. The molecule has 0 N–H and O–H groups in total. The average molecular weight is 109 g/mol. The van der Waals surface area contributed by atoms with Crippen LogP contribution in [0.15, 0.2) is 0 Å². The zero-order valence-electron chi connectivity index (χ0n) is 2.53. The van der Waals surface area contributed by atoms with E-state index in [1.165, 1.54) is 0 Å². The maximum absolute atomic E-state index is 8.55. The average Bonchev–Trinajstić information content (AvgIpc) is 0.722. The molecule has 2 radical (unpaired) electrons. The molecular formula is NO4P. The summed E-state index contributed by atoms with van der Waals surface area (Å²) >= 11 is 0. The summed E-state index contributed by atoms with van der Waals surface area (Å²) in [5.41, 5.74) is 0. The van der Waals surface area contributed by atoms with E-state index in [9.17, 15) is 0 Å². The minimum Gasteiger partial charge on any atom is -0.822 e. The number of rotatable bonds is 0. The Morgan fingerprint density at radius 2 is 1.17 bits per heavy atom. The van der Waals surface area contributed by atoms with Crippen LogP contribution in [0.1, 0.15) is 0 Å². The molecule has 0 aromatic heterocycles. The molecule has 6 heavy (non-hydrogen) atoms. The van der Waals surface area contributed by atoms with Gasteiger partial charge in [-0.1, -0.05) is 0 Å². The molecular weight excluding hydrogens is 109 g/mol. The van der Waals surface area contributed by atoms with Crippen LogP contribution in [0, 0.1) is 0 Å². The van der Waals surface area contributed by atoms with Crippen molar-refractivity contribution in [2.45, 2.75) is 0 Å². The molecule has 0 aliphatic rings. The number of nitrogens with zero attached hydrogens (tertiary/aromatic N) is 1. The van der Waals surface area contributed by atoms with Gasteiger partial charge in [0.1, 0.15) is 0 Å². The Hall–Kier alpha value is -0.180. The minimum absolute atomic E-state index is 0. The molecule has 0 saturated carbocycles. The van der Waals surface area contributed by atoms with E-state index in [1.54, 1.807) is 0 Å². The number of phosphoric acid groups is 1. The monoisotopic (exact) mass is 109 g/mol. The Morgan fingerprint density at radius 1 is 1.17 bits per heavy atom. The van der Waals surface area contributed by atoms with E-state index < -0.39 is 7.82 Å². The van der Waals surface area contributed by atoms with E-state index in [2.05, 4.69) is 0 Å². The molecule has 0 unspecified atom stereocenters. The second-order valence-corrected chi connectivity index (χ2v) is 1.34. The molecule has 5 nitrogen and oxygen atoms in total. The van der Waals surface area contributed by atoms with E-state index in [4.69, 9.17) is 19.2 Å². The Morgan fingerprint density at radius 3 is 1.17 bits per heavy atom. The van der Waals surface area contributed by atoms with Gasteiger partial charge in [0, 0.05) is 0 Å². The molecule has 0 amide bonds. The van der Waals surface area contributed by atoms with Crippen LogP contribution in [0.3, 0.4) is 0 Å². The molecule has 34 valence electrons. The van der Waals surface area contributed by atoms with Gasteiger partial charge in [0.15, 0.2) is 0 Å². The minimum atomic E-state index is -5.39. The first-order chi connectivity index (χ1) is 2.00. The van der Waals surface area contributed by atoms with Crippen LogP contribution in [-0.2, 0) is 4.57 Å². The van der Waals surface area contributed by atoms with Gasteiger partial charge in [-0.2, -0.15) is 7.82 Å². The molecule has 0 aromatic carbocycles. The molecule has 0 rings (SSSR count). The van der Waals surface area contributed by atoms with Crippen LogP contribution < -0.4 is 20.8 Å². The van der Waals surface area contributed by atoms with Gasteiger partial charge < -0.3 is 19.2 Å². The summed E-state index contributed by atoms with van der Waals surface area (Å²) in [4.78, 5) is 25.6. The van der Waals surface area contributed by atoms with Crippen LogP contribution in [0.2, 0.25) is 0 Å². The zero-order valence-corrected chi connectivity index (χ0v) is 3.42. The quantitative estimate of drug-likeness (QED) is 0.302. The fourth-order valence-electron chi connectivity index (χ4n) is 0. The first-order valence-corrected chi connectivity index (χ1v) is 2.19. The molecule has 0 fully saturated rings. The standard InChI is InChI=1S/N.H3O4P/c;1-5(2,3)4/h;(H3,1,2,3,4)/q+3;/p-3. The molecule has 0 heterocycles. The van der Waals surface area contributed by atoms with Crippen LogP contribution in [0.5, 0.6) is 0 Å². The lowest BCUT2D eigenvalue weighted by Crippen LogP contribution is -2.24. The third-order valence-corrected chi connectivity index (χ3v) is 0. The Balaban J connectivity index is 0. The van der Waals surface area contributed by atoms with Gasteiger partial charge in [-0.15, -0.1) is 0 Å². The fraction of sp³-hybridized carbons (Fsp3) is 0. The van der Waals surface area contributed by atoms with Crippen molar-refractivity contribution in [1.29, 1.82) is 0 Å². The van der Waals surface area contributed by atoms with E-state index in [0.29, 0.717) is 0 Å². The van der Waals surface area contributed by atoms with E-state index in [1.807, 2.05) is 0 Å². The van der Waals surface area contributed by atoms with Crippen molar-refractivity contribution in [2.75, 3.05) is 0 Å². The highest BCUT2D eigenvalue weighted by atomic mass is 31.2. The molecule has 0 saturated heterocycles. The van der Waals surface area contributed by atoms with Crippen LogP contribution in [0.25, 0.3) is 0 Å². The molecule has 0 aliphatic carbocycles. The van der Waals surface area contributed by atoms with Gasteiger partial charge in [0.05, 0.1) is 0 Å². The summed E-state index contributed by atoms with van der Waals surface area (Å²) < 4.78 is 8.55. The van der Waals surface area contributed by atoms with Gasteiger partial charge in [0.2, 0.25) is 0 Å². The molecule has 0 atom stereocenters. The topological polar surface area (TPSA) is 117 Å². The van der Waals surface area contributed by atoms with Crippen molar-refractivity contribution in [2.24, 2.45) is 0 Å². The smallest absolute Gasteiger partial charge is 0.822 e. The predicted octanol–water partition coefficient (Wildman–Crippen LogP) is -3.31. The maximum atomic E-state index is 8.55. The molecule has 0 bridgehead atoms. The van der Waals surface area contributed by atoms with Crippen LogP contribution in [0.4, 0.5) is 0 Å². The van der Waals surface area contributed by atoms with Gasteiger partial charge >= 0.3 is 6.15 Å². The van der Waals surface area contributed by atoms with Crippen molar-refractivity contribution in [3.8, 4) is 0 Å². The highest BCUT2D eigenvalue weighted by molar-refractivity contribution is 7.40. The van der Waals surface area contributed by atoms with Gasteiger partial charge in [-0.05, 0) is 0 Å². The summed E-state index contributed by atoms with van der Waals surface area (Å²) in [6.07, 6.45) is 0. The lowest BCUT2D eigenvalue weighted by atomic mass is 14.0. The molecule has 0 aliphatic heterocycles. The normalized spacial score (nSPS) is 9.83. The van der Waals surface area contributed by atoms with Crippen molar-refractivity contribution in [3.63, 3.8) is 0 Å². The Labute approximate surface area is 34.4 Å². The molecule has 0 spiro atoms. The highest BCUT2D eigenvalue weighted by Gasteiger charge is 3.00. The summed E-state index contributed by atoms with van der Waals surface area (Å²) in [5, 5.41) is 0. The lowest BCUT2D eigenvalue weighted by Gasteiger charge is -2.36. The fourth-order valence-corrected chi connectivity index (χ4v) is 0. The third kappa shape index (κ3) is 938. The van der Waals surface area contributed by atoms with Crippen molar-refractivity contribution in [3.05, 3.63) is 0 Å². The first kappa shape index (κ1) is 9.27. The Kier molecular flexibility index (Phi) is 3.21. The Bertz CT molecular complexity index is 53.7. The second kappa shape index (κ2) is 2.08. The van der Waals surface area contributed by atoms with E-state index in [-0.39, 0.29) is 6.15 Å². The van der Waals surface area contributed by atoms with E-state index >= 15 is 0 Å². The van der Waals surface area contributed by atoms with E-state index in [0.717, 1.165) is 0 Å². The zero-order chi connectivity index (χ0) is 4.50. The van der Waals surface area contributed by atoms with Crippen molar-refractivity contribution < 1.29 is 19.2 Å². The number of hydrogen-bond donors (Lipinski definition) is 0. The SMILES string of the molecule is O=P([O-])([O-])[O-].[N+3]. The lowest BCUT2D eigenvalue weighted by molar-refractivity contribution is -0.432. The van der Waals surface area contributed by atoms with Crippen molar-refractivity contribution >= 4 is 7.82 Å². The van der Waals surface area contributed by atoms with Crippen LogP contribution >= 0.6 is 7.82 Å². The second-order valence-electron chi connectivity index (χ2n) is 0.447. The van der Waals surface area contributed by atoms with Gasteiger partial charge in [0.25, 0.3) is 0 Å². The first-order valence-electron chi connectivity index (χ1n) is 0.730.